The third-order valence-corrected chi connectivity index (χ3v) is 11.2. The molecule has 0 heterocycles. The summed E-state index contributed by atoms with van der Waals surface area (Å²) in [4.78, 5) is 105. The molecule has 6 atom stereocenters. The van der Waals surface area contributed by atoms with Crippen LogP contribution in [0.3, 0.4) is 0 Å². The molecular weight excluding hydrogens is 941 g/mol. The molecule has 3 aromatic carbocycles. The van der Waals surface area contributed by atoms with Crippen LogP contribution in [0.15, 0.2) is 83.0 Å². The van der Waals surface area contributed by atoms with Gasteiger partial charge in [0, 0.05) is 56.5 Å². The van der Waals surface area contributed by atoms with E-state index in [1.807, 2.05) is 43.3 Å². The number of hydrogen-bond acceptors (Lipinski definition) is 16. The first-order valence-electron chi connectivity index (χ1n) is 22.9. The molecule has 0 aliphatic carbocycles. The summed E-state index contributed by atoms with van der Waals surface area (Å²) in [7, 11) is 3.85. The van der Waals surface area contributed by atoms with Gasteiger partial charge in [-0.1, -0.05) is 19.1 Å². The highest BCUT2D eigenvalue weighted by atomic mass is 32.1. The molecule has 0 fully saturated rings. The fraction of sp³-hybridized carbons (Fsp3) is 0.447. The summed E-state index contributed by atoms with van der Waals surface area (Å²) in [5.74, 6) is -6.60. The minimum atomic E-state index is -1.41. The van der Waals surface area contributed by atoms with Gasteiger partial charge in [0.1, 0.15) is 36.0 Å². The number of nitrogens with zero attached hydrogens (tertiary/aromatic N) is 3. The molecule has 24 heteroatoms. The predicted molar refractivity (Wildman–Crippen MR) is 267 cm³/mol. The zero-order valence-corrected chi connectivity index (χ0v) is 40.8. The number of aliphatic hydroxyl groups excluding tert-OH is 1. The van der Waals surface area contributed by atoms with E-state index in [9.17, 15) is 53.7 Å². The molecule has 0 saturated carbocycles. The van der Waals surface area contributed by atoms with Crippen molar-refractivity contribution in [2.45, 2.75) is 88.1 Å². The normalized spacial score (nSPS) is 13.6. The third-order valence-electron chi connectivity index (χ3n) is 10.8. The van der Waals surface area contributed by atoms with Crippen molar-refractivity contribution in [1.82, 2.24) is 37.2 Å². The monoisotopic (exact) mass is 1010 g/mol. The number of amides is 7. The zero-order valence-electron chi connectivity index (χ0n) is 39.9. The van der Waals surface area contributed by atoms with E-state index < -0.39 is 103 Å². The number of primary amides is 1. The van der Waals surface area contributed by atoms with Gasteiger partial charge in [0.2, 0.25) is 35.4 Å². The van der Waals surface area contributed by atoms with Crippen molar-refractivity contribution in [2.24, 2.45) is 21.7 Å². The molecule has 23 nitrogen and oxygen atoms in total. The highest BCUT2D eigenvalue weighted by Crippen LogP contribution is 2.22. The summed E-state index contributed by atoms with van der Waals surface area (Å²) in [6.07, 6.45) is 0.745. The zero-order chi connectivity index (χ0) is 52.5. The van der Waals surface area contributed by atoms with E-state index >= 15 is 0 Å². The largest absolute Gasteiger partial charge is 0.508 e. The number of carbonyl (C=O) groups excluding carboxylic acids is 7. The van der Waals surface area contributed by atoms with Crippen LogP contribution >= 0.6 is 12.6 Å². The lowest BCUT2D eigenvalue weighted by Crippen LogP contribution is -2.59. The Morgan fingerprint density at radius 3 is 1.83 bits per heavy atom. The molecule has 3 rings (SSSR count). The van der Waals surface area contributed by atoms with Crippen LogP contribution in [0.5, 0.6) is 5.75 Å². The second kappa shape index (κ2) is 30.5. The number of unbranched alkanes of at least 4 members (excludes halogenated alkanes) is 1. The van der Waals surface area contributed by atoms with E-state index in [0.29, 0.717) is 36.3 Å². The molecule has 0 bridgehead atoms. The van der Waals surface area contributed by atoms with Crippen molar-refractivity contribution >= 4 is 77.0 Å². The van der Waals surface area contributed by atoms with E-state index in [1.165, 1.54) is 36.4 Å². The van der Waals surface area contributed by atoms with E-state index in [1.54, 1.807) is 19.1 Å². The number of nitrogens with two attached hydrogens (primary N) is 2. The topological polar surface area (TPSA) is 361 Å². The van der Waals surface area contributed by atoms with E-state index in [2.05, 4.69) is 60.1 Å². The maximum absolute atomic E-state index is 13.8. The van der Waals surface area contributed by atoms with Gasteiger partial charge in [-0.05, 0) is 105 Å². The SMILES string of the molecule is CC[C@H](NC(=O)[C@H](Cc1ccc(O)cc1)NC(=O)[C@H](CO)NC[C@H](CCC(=O)O)NC(=O)CNC(=O)[C@H](CS)NC(=O)c1ccc(/N=N/c2ccc(N(C)C)cc2)cc1)C(=O)N[C@@H](CCCCN)C(N)=O. The minimum absolute atomic E-state index is 0.0547. The Bertz CT molecular complexity index is 2270. The van der Waals surface area contributed by atoms with Gasteiger partial charge in [-0.25, -0.2) is 0 Å². The minimum Gasteiger partial charge on any atom is -0.508 e. The summed E-state index contributed by atoms with van der Waals surface area (Å²) in [6.45, 7) is 0.333. The number of carboxylic acid groups (broad SMARTS) is 1. The molecule has 0 radical (unpaired) electrons. The average molecular weight is 1010 g/mol. The summed E-state index contributed by atoms with van der Waals surface area (Å²) in [5, 5.41) is 56.0. The molecule has 0 aliphatic heterocycles. The maximum atomic E-state index is 13.8. The highest BCUT2D eigenvalue weighted by molar-refractivity contribution is 7.80. The number of phenols is 1. The van der Waals surface area contributed by atoms with Crippen LogP contribution in [0.25, 0.3) is 0 Å². The highest BCUT2D eigenvalue weighted by Gasteiger charge is 2.31. The number of thiol groups is 1. The number of azo groups is 1. The Hall–Kier alpha value is -7.15. The van der Waals surface area contributed by atoms with Crippen LogP contribution in [-0.4, -0.2) is 145 Å². The van der Waals surface area contributed by atoms with Gasteiger partial charge >= 0.3 is 5.97 Å². The molecule has 3 aromatic rings. The Kier molecular flexibility index (Phi) is 25.0. The number of aliphatic carboxylic acids is 1. The van der Waals surface area contributed by atoms with Crippen molar-refractivity contribution in [3.63, 3.8) is 0 Å². The van der Waals surface area contributed by atoms with Crippen LogP contribution in [-0.2, 0) is 40.0 Å². The van der Waals surface area contributed by atoms with E-state index in [-0.39, 0.29) is 49.3 Å². The summed E-state index contributed by atoms with van der Waals surface area (Å²) in [5.41, 5.74) is 13.9. The smallest absolute Gasteiger partial charge is 0.303 e. The number of aliphatic hydroxyl groups is 1. The quantitative estimate of drug-likeness (QED) is 0.0230. The third kappa shape index (κ3) is 20.8. The van der Waals surface area contributed by atoms with Gasteiger partial charge in [-0.2, -0.15) is 22.9 Å². The summed E-state index contributed by atoms with van der Waals surface area (Å²) < 4.78 is 0. The molecule has 0 aromatic heterocycles. The molecule has 14 N–H and O–H groups in total. The first kappa shape index (κ1) is 58.2. The van der Waals surface area contributed by atoms with E-state index in [4.69, 9.17) is 11.5 Å². The molecular formula is C47H66N12O11S. The number of carbonyl (C=O) groups is 8. The second-order valence-corrected chi connectivity index (χ2v) is 16.9. The maximum Gasteiger partial charge on any atom is 0.303 e. The number of carboxylic acids is 1. The molecule has 386 valence electrons. The second-order valence-electron chi connectivity index (χ2n) is 16.6. The fourth-order valence-electron chi connectivity index (χ4n) is 6.69. The van der Waals surface area contributed by atoms with Crippen molar-refractivity contribution in [2.75, 3.05) is 51.0 Å². The lowest BCUT2D eigenvalue weighted by atomic mass is 10.0. The fourth-order valence-corrected chi connectivity index (χ4v) is 6.95. The first-order chi connectivity index (χ1) is 33.9. The molecule has 0 unspecified atom stereocenters. The average Bonchev–Trinajstić information content (AvgIpc) is 3.35. The van der Waals surface area contributed by atoms with Gasteiger partial charge in [-0.15, -0.1) is 0 Å². The number of rotatable bonds is 31. The van der Waals surface area contributed by atoms with E-state index in [0.717, 1.165) is 5.69 Å². The van der Waals surface area contributed by atoms with Gasteiger partial charge in [0.15, 0.2) is 0 Å². The van der Waals surface area contributed by atoms with Crippen molar-refractivity contribution in [1.29, 1.82) is 0 Å². The van der Waals surface area contributed by atoms with Gasteiger partial charge in [0.05, 0.1) is 24.5 Å². The number of benzene rings is 3. The number of hydrogen-bond donors (Lipinski definition) is 13. The Balaban J connectivity index is 1.62. The van der Waals surface area contributed by atoms with Crippen LogP contribution in [0.4, 0.5) is 17.1 Å². The number of aromatic hydroxyl groups is 1. The lowest BCUT2D eigenvalue weighted by molar-refractivity contribution is -0.137. The molecule has 0 saturated heterocycles. The van der Waals surface area contributed by atoms with Gasteiger partial charge < -0.3 is 68.9 Å². The van der Waals surface area contributed by atoms with Crippen LogP contribution in [0.2, 0.25) is 0 Å². The number of phenolic OH excluding ortho intramolecular Hbond substituents is 1. The van der Waals surface area contributed by atoms with Crippen molar-refractivity contribution in [3.8, 4) is 5.75 Å². The predicted octanol–water partition coefficient (Wildman–Crippen LogP) is 0.0395. The first-order valence-corrected chi connectivity index (χ1v) is 23.5. The van der Waals surface area contributed by atoms with Crippen LogP contribution < -0.4 is 53.6 Å². The Labute approximate surface area is 417 Å². The van der Waals surface area contributed by atoms with Crippen molar-refractivity contribution < 1.29 is 53.7 Å². The number of nitrogens with one attached hydrogen (secondary N) is 7. The molecule has 0 aliphatic rings. The lowest BCUT2D eigenvalue weighted by Gasteiger charge is -2.26. The molecule has 71 heavy (non-hydrogen) atoms. The van der Waals surface area contributed by atoms with Gasteiger partial charge in [-0.3, -0.25) is 38.4 Å². The number of anilines is 1. The Morgan fingerprint density at radius 1 is 0.704 bits per heavy atom. The van der Waals surface area contributed by atoms with Gasteiger partial charge in [0.25, 0.3) is 5.91 Å². The van der Waals surface area contributed by atoms with Crippen LogP contribution in [0, 0.1) is 0 Å². The Morgan fingerprint density at radius 2 is 1.28 bits per heavy atom. The summed E-state index contributed by atoms with van der Waals surface area (Å²) in [6, 6.07) is 12.4. The summed E-state index contributed by atoms with van der Waals surface area (Å²) >= 11 is 4.19. The molecule has 0 spiro atoms. The molecule has 7 amide bonds. The van der Waals surface area contributed by atoms with Crippen molar-refractivity contribution in [3.05, 3.63) is 83.9 Å². The standard InChI is InChI=1S/C47H66N12O11S/c1-4-35(45(68)54-36(42(49)65)7-5-6-22-48)53-46(69)37(23-28-8-19-34(61)20-9-28)55-47(70)38(26-60)50-24-32(16-21-41(63)64)52-40(62)25-51-44(67)39(27-71)56-43(66)29-10-12-30(13-11-29)57-58-31-14-17-33(18-15-31)59(2)3/h8-15,17-20,32,35-39,50,60-61,71H,4-7,16,21-27,48H2,1-3H3,(H2,49,65)(H,51,67)(H,52,62)(H,53,69)(H,54,68)(H,55,70)(H,56,66)(H,63,64)/b58-57+/t32-,35-,36-,37-,38-,39-/m0/s1. The van der Waals surface area contributed by atoms with Crippen LogP contribution in [0.1, 0.15) is 61.4 Å².